The summed E-state index contributed by atoms with van der Waals surface area (Å²) in [6.45, 7) is 7.39. The van der Waals surface area contributed by atoms with Crippen molar-refractivity contribution in [3.05, 3.63) is 67.0 Å². The second-order valence-corrected chi connectivity index (χ2v) is 2.63. The maximum absolute atomic E-state index is 12.5. The zero-order valence-corrected chi connectivity index (χ0v) is 7.33. The summed E-state index contributed by atoms with van der Waals surface area (Å²) >= 11 is 0. The van der Waals surface area contributed by atoms with Crippen molar-refractivity contribution in [3.8, 4) is 0 Å². The molecule has 0 radical (unpaired) electrons. The van der Waals surface area contributed by atoms with Gasteiger partial charge in [0.2, 0.25) is 0 Å². The molecule has 0 aliphatic heterocycles. The number of rotatable bonds is 3. The van der Waals surface area contributed by atoms with Gasteiger partial charge in [-0.1, -0.05) is 43.5 Å². The fourth-order valence-electron chi connectivity index (χ4n) is 0.944. The minimum atomic E-state index is -0.232. The van der Waals surface area contributed by atoms with Crippen LogP contribution >= 0.6 is 0 Å². The lowest BCUT2D eigenvalue weighted by Gasteiger charge is -1.98. The molecular weight excluding hydrogens is 163 g/mol. The van der Waals surface area contributed by atoms with Gasteiger partial charge in [-0.25, -0.2) is 4.39 Å². The molecule has 0 atom stereocenters. The maximum atomic E-state index is 12.5. The van der Waals surface area contributed by atoms with Crippen LogP contribution in [0.15, 0.2) is 55.7 Å². The third-order valence-corrected chi connectivity index (χ3v) is 1.65. The third kappa shape index (κ3) is 2.71. The summed E-state index contributed by atoms with van der Waals surface area (Å²) in [5.41, 5.74) is 1.76. The van der Waals surface area contributed by atoms with E-state index in [0.29, 0.717) is 0 Å². The smallest absolute Gasteiger partial charge is 0.123 e. The fraction of sp³-hybridized carbons (Fsp3) is 0. The van der Waals surface area contributed by atoms with Gasteiger partial charge in [0.1, 0.15) is 5.82 Å². The van der Waals surface area contributed by atoms with Crippen LogP contribution in [-0.4, -0.2) is 0 Å². The number of benzene rings is 1. The zero-order chi connectivity index (χ0) is 9.68. The summed E-state index contributed by atoms with van der Waals surface area (Å²) in [6, 6.07) is 6.24. The molecule has 1 aromatic carbocycles. The van der Waals surface area contributed by atoms with Gasteiger partial charge in [-0.3, -0.25) is 0 Å². The van der Waals surface area contributed by atoms with E-state index in [-0.39, 0.29) is 5.82 Å². The van der Waals surface area contributed by atoms with Crippen molar-refractivity contribution < 1.29 is 4.39 Å². The normalized spacial score (nSPS) is 10.2. The number of hydrogen-bond donors (Lipinski definition) is 0. The molecule has 0 nitrogen and oxygen atoms in total. The molecule has 0 spiro atoms. The fourth-order valence-corrected chi connectivity index (χ4v) is 0.944. The van der Waals surface area contributed by atoms with Crippen LogP contribution in [0.2, 0.25) is 0 Å². The van der Waals surface area contributed by atoms with Crippen LogP contribution < -0.4 is 0 Å². The average molecular weight is 174 g/mol. The summed E-state index contributed by atoms with van der Waals surface area (Å²) in [7, 11) is 0. The highest BCUT2D eigenvalue weighted by molar-refractivity contribution is 5.72. The molecular formula is C12H11F. The molecule has 0 aliphatic rings. The molecule has 0 fully saturated rings. The van der Waals surface area contributed by atoms with Gasteiger partial charge >= 0.3 is 0 Å². The van der Waals surface area contributed by atoms with Gasteiger partial charge in [0.15, 0.2) is 0 Å². The van der Waals surface area contributed by atoms with E-state index in [2.05, 4.69) is 13.2 Å². The minimum absolute atomic E-state index is 0.232. The van der Waals surface area contributed by atoms with Gasteiger partial charge in [-0.15, -0.1) is 0 Å². The first-order chi connectivity index (χ1) is 6.24. The van der Waals surface area contributed by atoms with Crippen LogP contribution in [0, 0.1) is 5.82 Å². The number of hydrogen-bond acceptors (Lipinski definition) is 0. The largest absolute Gasteiger partial charge is 0.207 e. The van der Waals surface area contributed by atoms with Gasteiger partial charge in [0.25, 0.3) is 0 Å². The molecule has 0 heterocycles. The standard InChI is InChI=1S/C12H11F/c1-3-4-5-10(2)11-6-8-12(13)9-7-11/h3-9H,1-2H2/b5-4-. The van der Waals surface area contributed by atoms with Gasteiger partial charge in [0.05, 0.1) is 0 Å². The lowest BCUT2D eigenvalue weighted by Crippen LogP contribution is -1.79. The van der Waals surface area contributed by atoms with E-state index in [1.54, 1.807) is 24.3 Å². The highest BCUT2D eigenvalue weighted by atomic mass is 19.1. The average Bonchev–Trinajstić information content (AvgIpc) is 2.15. The van der Waals surface area contributed by atoms with Gasteiger partial charge in [0, 0.05) is 0 Å². The summed E-state index contributed by atoms with van der Waals surface area (Å²) in [5.74, 6) is -0.232. The van der Waals surface area contributed by atoms with Crippen molar-refractivity contribution in [3.63, 3.8) is 0 Å². The van der Waals surface area contributed by atoms with Crippen molar-refractivity contribution in [1.82, 2.24) is 0 Å². The molecule has 13 heavy (non-hydrogen) atoms. The van der Waals surface area contributed by atoms with Crippen LogP contribution in [0.3, 0.4) is 0 Å². The predicted octanol–water partition coefficient (Wildman–Crippen LogP) is 3.58. The van der Waals surface area contributed by atoms with Gasteiger partial charge < -0.3 is 0 Å². The van der Waals surface area contributed by atoms with Crippen molar-refractivity contribution in [2.45, 2.75) is 0 Å². The van der Waals surface area contributed by atoms with E-state index >= 15 is 0 Å². The van der Waals surface area contributed by atoms with Crippen LogP contribution in [0.1, 0.15) is 5.56 Å². The van der Waals surface area contributed by atoms with E-state index in [4.69, 9.17) is 0 Å². The van der Waals surface area contributed by atoms with Crippen molar-refractivity contribution in [2.24, 2.45) is 0 Å². The Hall–Kier alpha value is -1.63. The Morgan fingerprint density at radius 3 is 2.38 bits per heavy atom. The van der Waals surface area contributed by atoms with Crippen LogP contribution in [0.25, 0.3) is 5.57 Å². The molecule has 0 N–H and O–H groups in total. The highest BCUT2D eigenvalue weighted by Gasteiger charge is 1.94. The van der Waals surface area contributed by atoms with Crippen LogP contribution in [0.5, 0.6) is 0 Å². The number of allylic oxidation sites excluding steroid dienone is 4. The first-order valence-corrected chi connectivity index (χ1v) is 3.98. The highest BCUT2D eigenvalue weighted by Crippen LogP contribution is 2.13. The zero-order valence-electron chi connectivity index (χ0n) is 7.33. The number of halogens is 1. The van der Waals surface area contributed by atoms with E-state index in [0.717, 1.165) is 11.1 Å². The quantitative estimate of drug-likeness (QED) is 0.614. The van der Waals surface area contributed by atoms with E-state index in [1.807, 2.05) is 6.08 Å². The Kier molecular flexibility index (Phi) is 3.21. The third-order valence-electron chi connectivity index (χ3n) is 1.65. The van der Waals surface area contributed by atoms with Crippen LogP contribution in [0.4, 0.5) is 4.39 Å². The SMILES string of the molecule is C=C/C=C\C(=C)c1ccc(F)cc1. The van der Waals surface area contributed by atoms with Crippen molar-refractivity contribution in [1.29, 1.82) is 0 Å². The first kappa shape index (κ1) is 9.46. The van der Waals surface area contributed by atoms with E-state index < -0.39 is 0 Å². The van der Waals surface area contributed by atoms with Gasteiger partial charge in [-0.05, 0) is 23.3 Å². The first-order valence-electron chi connectivity index (χ1n) is 3.98. The Labute approximate surface area is 77.7 Å². The molecule has 0 bridgehead atoms. The summed E-state index contributed by atoms with van der Waals surface area (Å²) in [6.07, 6.45) is 5.31. The second kappa shape index (κ2) is 4.41. The Balaban J connectivity index is 2.83. The Morgan fingerprint density at radius 2 is 1.85 bits per heavy atom. The monoisotopic (exact) mass is 174 g/mol. The molecule has 1 heteroatoms. The molecule has 1 aromatic rings. The second-order valence-electron chi connectivity index (χ2n) is 2.63. The molecule has 0 saturated heterocycles. The van der Waals surface area contributed by atoms with E-state index in [1.165, 1.54) is 12.1 Å². The Morgan fingerprint density at radius 1 is 1.23 bits per heavy atom. The summed E-state index contributed by atoms with van der Waals surface area (Å²) in [4.78, 5) is 0. The Bertz CT molecular complexity index is 331. The maximum Gasteiger partial charge on any atom is 0.123 e. The summed E-state index contributed by atoms with van der Waals surface area (Å²) < 4.78 is 12.5. The molecule has 0 amide bonds. The summed E-state index contributed by atoms with van der Waals surface area (Å²) in [5, 5.41) is 0. The van der Waals surface area contributed by atoms with Crippen molar-refractivity contribution in [2.75, 3.05) is 0 Å². The molecule has 0 unspecified atom stereocenters. The van der Waals surface area contributed by atoms with Crippen molar-refractivity contribution >= 4 is 5.57 Å². The van der Waals surface area contributed by atoms with E-state index in [9.17, 15) is 4.39 Å². The molecule has 1 rings (SSSR count). The topological polar surface area (TPSA) is 0 Å². The molecule has 0 aliphatic carbocycles. The van der Waals surface area contributed by atoms with Gasteiger partial charge in [-0.2, -0.15) is 0 Å². The molecule has 0 saturated carbocycles. The predicted molar refractivity (Wildman–Crippen MR) is 54.8 cm³/mol. The van der Waals surface area contributed by atoms with Crippen LogP contribution in [-0.2, 0) is 0 Å². The lowest BCUT2D eigenvalue weighted by molar-refractivity contribution is 0.627. The minimum Gasteiger partial charge on any atom is -0.207 e. The lowest BCUT2D eigenvalue weighted by atomic mass is 10.1. The molecule has 0 aromatic heterocycles. The molecule has 66 valence electrons.